The summed E-state index contributed by atoms with van der Waals surface area (Å²) < 4.78 is 0. The number of aliphatic hydroxyl groups excluding tert-OH is 1. The van der Waals surface area contributed by atoms with Gasteiger partial charge in [-0.2, -0.15) is 11.8 Å². The molecule has 1 rings (SSSR count). The molecule has 1 heterocycles. The highest BCUT2D eigenvalue weighted by molar-refractivity contribution is 7.99. The molecular weight excluding hydrogens is 212 g/mol. The fourth-order valence-electron chi connectivity index (χ4n) is 1.16. The third-order valence-electron chi connectivity index (χ3n) is 1.78. The highest BCUT2D eigenvalue weighted by Crippen LogP contribution is 2.15. The van der Waals surface area contributed by atoms with Gasteiger partial charge in [0.25, 0.3) is 0 Å². The summed E-state index contributed by atoms with van der Waals surface area (Å²) in [7, 11) is 0. The molecule has 0 aliphatic rings. The zero-order valence-electron chi connectivity index (χ0n) is 8.77. The third-order valence-corrected chi connectivity index (χ3v) is 4.20. The van der Waals surface area contributed by atoms with E-state index in [1.165, 1.54) is 4.88 Å². The Morgan fingerprint density at radius 3 is 2.79 bits per heavy atom. The average molecular weight is 230 g/mol. The Kier molecular flexibility index (Phi) is 5.60. The van der Waals surface area contributed by atoms with Crippen LogP contribution in [-0.2, 0) is 6.42 Å². The highest BCUT2D eigenvalue weighted by atomic mass is 32.2. The predicted molar refractivity (Wildman–Crippen MR) is 66.2 cm³/mol. The van der Waals surface area contributed by atoms with E-state index in [0.717, 1.165) is 17.9 Å². The van der Waals surface area contributed by atoms with E-state index in [4.69, 9.17) is 0 Å². The van der Waals surface area contributed by atoms with Crippen molar-refractivity contribution in [2.24, 2.45) is 5.92 Å². The SMILES string of the molecule is CC(C)CSCC(O)Cc1cccs1. The molecule has 14 heavy (non-hydrogen) atoms. The summed E-state index contributed by atoms with van der Waals surface area (Å²) in [4.78, 5) is 1.28. The first kappa shape index (κ1) is 12.1. The minimum absolute atomic E-state index is 0.183. The van der Waals surface area contributed by atoms with Gasteiger partial charge in [0.05, 0.1) is 6.10 Å². The van der Waals surface area contributed by atoms with Gasteiger partial charge in [-0.25, -0.2) is 0 Å². The van der Waals surface area contributed by atoms with Gasteiger partial charge in [-0.3, -0.25) is 0 Å². The monoisotopic (exact) mass is 230 g/mol. The first-order valence-electron chi connectivity index (χ1n) is 4.96. The van der Waals surface area contributed by atoms with Gasteiger partial charge in [0, 0.05) is 17.1 Å². The quantitative estimate of drug-likeness (QED) is 0.810. The lowest BCUT2D eigenvalue weighted by Gasteiger charge is -2.09. The van der Waals surface area contributed by atoms with E-state index in [-0.39, 0.29) is 6.10 Å². The van der Waals surface area contributed by atoms with Crippen LogP contribution in [0.5, 0.6) is 0 Å². The Morgan fingerprint density at radius 1 is 1.43 bits per heavy atom. The molecule has 1 atom stereocenters. The van der Waals surface area contributed by atoms with E-state index in [1.807, 2.05) is 17.8 Å². The molecule has 1 unspecified atom stereocenters. The molecule has 1 nitrogen and oxygen atoms in total. The predicted octanol–water partition coefficient (Wildman–Crippen LogP) is 3.04. The molecule has 0 aliphatic heterocycles. The van der Waals surface area contributed by atoms with Crippen molar-refractivity contribution in [1.82, 2.24) is 0 Å². The van der Waals surface area contributed by atoms with Crippen molar-refractivity contribution in [3.8, 4) is 0 Å². The van der Waals surface area contributed by atoms with Crippen molar-refractivity contribution >= 4 is 23.1 Å². The minimum Gasteiger partial charge on any atom is -0.392 e. The molecule has 0 bridgehead atoms. The van der Waals surface area contributed by atoms with E-state index in [0.29, 0.717) is 5.92 Å². The number of thiophene rings is 1. The standard InChI is InChI=1S/C11H18OS2/c1-9(2)7-13-8-10(12)6-11-4-3-5-14-11/h3-5,9-10,12H,6-8H2,1-2H3. The van der Waals surface area contributed by atoms with E-state index < -0.39 is 0 Å². The molecule has 3 heteroatoms. The summed E-state index contributed by atoms with van der Waals surface area (Å²) in [6.45, 7) is 4.41. The Bertz CT molecular complexity index is 231. The van der Waals surface area contributed by atoms with Crippen molar-refractivity contribution < 1.29 is 5.11 Å². The lowest BCUT2D eigenvalue weighted by molar-refractivity contribution is 0.201. The first-order chi connectivity index (χ1) is 6.68. The summed E-state index contributed by atoms with van der Waals surface area (Å²) in [5, 5.41) is 11.8. The summed E-state index contributed by atoms with van der Waals surface area (Å²) in [6, 6.07) is 4.12. The molecule has 0 aliphatic carbocycles. The molecule has 80 valence electrons. The van der Waals surface area contributed by atoms with Crippen LogP contribution in [0.2, 0.25) is 0 Å². The van der Waals surface area contributed by atoms with E-state index in [9.17, 15) is 5.11 Å². The number of thioether (sulfide) groups is 1. The van der Waals surface area contributed by atoms with Gasteiger partial charge in [0.1, 0.15) is 0 Å². The Balaban J connectivity index is 2.13. The van der Waals surface area contributed by atoms with Gasteiger partial charge in [0.15, 0.2) is 0 Å². The Labute approximate surface area is 94.5 Å². The second-order valence-corrected chi connectivity index (χ2v) is 5.98. The van der Waals surface area contributed by atoms with E-state index in [1.54, 1.807) is 11.3 Å². The van der Waals surface area contributed by atoms with Gasteiger partial charge in [0.2, 0.25) is 0 Å². The fraction of sp³-hybridized carbons (Fsp3) is 0.636. The summed E-state index contributed by atoms with van der Waals surface area (Å²) >= 11 is 3.57. The smallest absolute Gasteiger partial charge is 0.0678 e. The second-order valence-electron chi connectivity index (χ2n) is 3.87. The number of hydrogen-bond donors (Lipinski definition) is 1. The van der Waals surface area contributed by atoms with Crippen molar-refractivity contribution in [3.05, 3.63) is 22.4 Å². The molecule has 0 aromatic carbocycles. The van der Waals surface area contributed by atoms with Crippen LogP contribution in [0.4, 0.5) is 0 Å². The lowest BCUT2D eigenvalue weighted by Crippen LogP contribution is -2.13. The first-order valence-corrected chi connectivity index (χ1v) is 7.00. The van der Waals surface area contributed by atoms with Gasteiger partial charge in [-0.15, -0.1) is 11.3 Å². The molecule has 0 fully saturated rings. The van der Waals surface area contributed by atoms with Gasteiger partial charge in [-0.1, -0.05) is 19.9 Å². The van der Waals surface area contributed by atoms with Crippen LogP contribution in [0.25, 0.3) is 0 Å². The molecular formula is C11H18OS2. The molecule has 0 spiro atoms. The van der Waals surface area contributed by atoms with Gasteiger partial charge in [-0.05, 0) is 23.1 Å². The molecule has 0 radical (unpaired) electrons. The van der Waals surface area contributed by atoms with Crippen LogP contribution in [-0.4, -0.2) is 22.7 Å². The van der Waals surface area contributed by atoms with Crippen LogP contribution in [0.3, 0.4) is 0 Å². The van der Waals surface area contributed by atoms with Gasteiger partial charge < -0.3 is 5.11 Å². The summed E-state index contributed by atoms with van der Waals surface area (Å²) in [5.74, 6) is 2.71. The van der Waals surface area contributed by atoms with Crippen LogP contribution >= 0.6 is 23.1 Å². The minimum atomic E-state index is -0.183. The van der Waals surface area contributed by atoms with Crippen LogP contribution < -0.4 is 0 Å². The summed E-state index contributed by atoms with van der Waals surface area (Å²) in [6.07, 6.45) is 0.625. The number of hydrogen-bond acceptors (Lipinski definition) is 3. The van der Waals surface area contributed by atoms with E-state index in [2.05, 4.69) is 25.3 Å². The molecule has 1 aromatic rings. The highest BCUT2D eigenvalue weighted by Gasteiger charge is 2.06. The van der Waals surface area contributed by atoms with Crippen molar-refractivity contribution in [3.63, 3.8) is 0 Å². The van der Waals surface area contributed by atoms with Crippen LogP contribution in [0.1, 0.15) is 18.7 Å². The van der Waals surface area contributed by atoms with Crippen LogP contribution in [0.15, 0.2) is 17.5 Å². The maximum atomic E-state index is 9.72. The zero-order chi connectivity index (χ0) is 10.4. The van der Waals surface area contributed by atoms with Gasteiger partial charge >= 0.3 is 0 Å². The molecule has 0 amide bonds. The van der Waals surface area contributed by atoms with Crippen molar-refractivity contribution in [2.75, 3.05) is 11.5 Å². The molecule has 1 aromatic heterocycles. The number of aliphatic hydroxyl groups is 1. The molecule has 0 saturated carbocycles. The molecule has 0 saturated heterocycles. The van der Waals surface area contributed by atoms with Crippen molar-refractivity contribution in [1.29, 1.82) is 0 Å². The maximum Gasteiger partial charge on any atom is 0.0678 e. The summed E-state index contributed by atoms with van der Waals surface area (Å²) in [5.41, 5.74) is 0. The van der Waals surface area contributed by atoms with E-state index >= 15 is 0 Å². The Morgan fingerprint density at radius 2 is 2.21 bits per heavy atom. The molecule has 1 N–H and O–H groups in total. The van der Waals surface area contributed by atoms with Crippen molar-refractivity contribution in [2.45, 2.75) is 26.4 Å². The third kappa shape index (κ3) is 5.03. The zero-order valence-corrected chi connectivity index (χ0v) is 10.4. The maximum absolute atomic E-state index is 9.72. The fourth-order valence-corrected chi connectivity index (χ4v) is 2.93. The average Bonchev–Trinajstić information content (AvgIpc) is 2.56. The van der Waals surface area contributed by atoms with Crippen LogP contribution in [0, 0.1) is 5.92 Å². The lowest BCUT2D eigenvalue weighted by atomic mass is 10.2. The Hall–Kier alpha value is 0.01000. The normalized spacial score (nSPS) is 13.4. The second kappa shape index (κ2) is 6.49. The topological polar surface area (TPSA) is 20.2 Å². The largest absolute Gasteiger partial charge is 0.392 e. The number of rotatable bonds is 6.